The van der Waals surface area contributed by atoms with Gasteiger partial charge in [-0.05, 0) is 47.9 Å². The smallest absolute Gasteiger partial charge is 0.0434 e. The first kappa shape index (κ1) is 15.8. The molecule has 0 aliphatic rings. The molecule has 0 radical (unpaired) electrons. The fourth-order valence-electron chi connectivity index (χ4n) is 2.59. The van der Waals surface area contributed by atoms with E-state index in [0.717, 1.165) is 12.8 Å². The molecule has 0 unspecified atom stereocenters. The molecule has 0 fully saturated rings. The maximum Gasteiger partial charge on any atom is 0.0434 e. The molecule has 1 heteroatoms. The molecule has 0 aromatic heterocycles. The van der Waals surface area contributed by atoms with Gasteiger partial charge in [-0.15, -0.1) is 0 Å². The van der Waals surface area contributed by atoms with Crippen molar-refractivity contribution in [1.29, 1.82) is 0 Å². The highest BCUT2D eigenvalue weighted by molar-refractivity contribution is 5.63. The van der Waals surface area contributed by atoms with Crippen molar-refractivity contribution in [1.82, 2.24) is 0 Å². The van der Waals surface area contributed by atoms with Gasteiger partial charge in [0.1, 0.15) is 0 Å². The third kappa shape index (κ3) is 5.02. The highest BCUT2D eigenvalue weighted by atomic mass is 16.2. The SMILES string of the molecule is CCCCCc1ccc(-c2ccc(CCCO)cc2)cc1. The highest BCUT2D eigenvalue weighted by Gasteiger charge is 1.99. The summed E-state index contributed by atoms with van der Waals surface area (Å²) >= 11 is 0. The number of unbranched alkanes of at least 4 members (excludes halogenated alkanes) is 2. The van der Waals surface area contributed by atoms with E-state index in [2.05, 4.69) is 55.5 Å². The van der Waals surface area contributed by atoms with Crippen LogP contribution in [-0.2, 0) is 12.8 Å². The molecule has 1 N–H and O–H groups in total. The minimum atomic E-state index is 0.265. The molecule has 0 atom stereocenters. The van der Waals surface area contributed by atoms with Crippen LogP contribution in [0.25, 0.3) is 11.1 Å². The lowest BCUT2D eigenvalue weighted by Crippen LogP contribution is -1.89. The molecule has 2 aromatic rings. The lowest BCUT2D eigenvalue weighted by molar-refractivity contribution is 0.288. The molecule has 0 saturated heterocycles. The Labute approximate surface area is 128 Å². The van der Waals surface area contributed by atoms with Crippen LogP contribution in [0.15, 0.2) is 48.5 Å². The molecule has 0 spiro atoms. The maximum absolute atomic E-state index is 8.86. The molecule has 0 aliphatic heterocycles. The number of hydrogen-bond donors (Lipinski definition) is 1. The summed E-state index contributed by atoms with van der Waals surface area (Å²) in [6.07, 6.45) is 6.86. The van der Waals surface area contributed by atoms with Crippen LogP contribution in [0.4, 0.5) is 0 Å². The Morgan fingerprint density at radius 2 is 1.14 bits per heavy atom. The normalized spacial score (nSPS) is 10.8. The zero-order valence-electron chi connectivity index (χ0n) is 13.0. The first-order valence-corrected chi connectivity index (χ1v) is 8.12. The largest absolute Gasteiger partial charge is 0.396 e. The van der Waals surface area contributed by atoms with E-state index in [0.29, 0.717) is 0 Å². The quantitative estimate of drug-likeness (QED) is 0.675. The molecule has 2 rings (SSSR count). The van der Waals surface area contributed by atoms with Crippen LogP contribution in [0, 0.1) is 0 Å². The zero-order chi connectivity index (χ0) is 14.9. The average Bonchev–Trinajstić information content (AvgIpc) is 2.54. The maximum atomic E-state index is 8.86. The molecule has 21 heavy (non-hydrogen) atoms. The van der Waals surface area contributed by atoms with E-state index in [1.54, 1.807) is 0 Å². The van der Waals surface area contributed by atoms with Crippen molar-refractivity contribution in [2.45, 2.75) is 45.4 Å². The molecular weight excluding hydrogens is 256 g/mol. The van der Waals surface area contributed by atoms with Crippen LogP contribution in [0.2, 0.25) is 0 Å². The molecule has 0 saturated carbocycles. The van der Waals surface area contributed by atoms with Crippen molar-refractivity contribution in [3.05, 3.63) is 59.7 Å². The van der Waals surface area contributed by atoms with Crippen LogP contribution in [0.3, 0.4) is 0 Å². The van der Waals surface area contributed by atoms with E-state index in [-0.39, 0.29) is 6.61 Å². The number of rotatable bonds is 8. The lowest BCUT2D eigenvalue weighted by atomic mass is 9.99. The molecular formula is C20H26O. The van der Waals surface area contributed by atoms with Gasteiger partial charge in [-0.25, -0.2) is 0 Å². The fourth-order valence-corrected chi connectivity index (χ4v) is 2.59. The van der Waals surface area contributed by atoms with Gasteiger partial charge in [0.15, 0.2) is 0 Å². The van der Waals surface area contributed by atoms with Crippen molar-refractivity contribution in [3.63, 3.8) is 0 Å². The Hall–Kier alpha value is -1.60. The minimum absolute atomic E-state index is 0.265. The lowest BCUT2D eigenvalue weighted by Gasteiger charge is -2.06. The van der Waals surface area contributed by atoms with E-state index in [1.807, 2.05) is 0 Å². The predicted octanol–water partition coefficient (Wildman–Crippen LogP) is 5.01. The summed E-state index contributed by atoms with van der Waals surface area (Å²) in [5.74, 6) is 0. The molecule has 0 amide bonds. The topological polar surface area (TPSA) is 20.2 Å². The van der Waals surface area contributed by atoms with Crippen LogP contribution in [-0.4, -0.2) is 11.7 Å². The molecule has 0 aliphatic carbocycles. The van der Waals surface area contributed by atoms with Gasteiger partial charge in [-0.2, -0.15) is 0 Å². The fraction of sp³-hybridized carbons (Fsp3) is 0.400. The van der Waals surface area contributed by atoms with E-state index in [4.69, 9.17) is 5.11 Å². The monoisotopic (exact) mass is 282 g/mol. The summed E-state index contributed by atoms with van der Waals surface area (Å²) in [5.41, 5.74) is 5.28. The summed E-state index contributed by atoms with van der Waals surface area (Å²) < 4.78 is 0. The third-order valence-corrected chi connectivity index (χ3v) is 3.93. The van der Waals surface area contributed by atoms with Crippen LogP contribution >= 0.6 is 0 Å². The first-order chi connectivity index (χ1) is 10.3. The number of aliphatic hydroxyl groups is 1. The van der Waals surface area contributed by atoms with Gasteiger partial charge in [-0.1, -0.05) is 68.3 Å². The third-order valence-electron chi connectivity index (χ3n) is 3.93. The van der Waals surface area contributed by atoms with Gasteiger partial charge < -0.3 is 5.11 Å². The average molecular weight is 282 g/mol. The van der Waals surface area contributed by atoms with Gasteiger partial charge in [0.05, 0.1) is 0 Å². The van der Waals surface area contributed by atoms with E-state index in [1.165, 1.54) is 47.9 Å². The van der Waals surface area contributed by atoms with E-state index >= 15 is 0 Å². The predicted molar refractivity (Wildman–Crippen MR) is 90.5 cm³/mol. The molecule has 112 valence electrons. The Bertz CT molecular complexity index is 511. The number of benzene rings is 2. The zero-order valence-corrected chi connectivity index (χ0v) is 13.0. The second-order valence-corrected chi connectivity index (χ2v) is 5.68. The van der Waals surface area contributed by atoms with Gasteiger partial charge in [-0.3, -0.25) is 0 Å². The van der Waals surface area contributed by atoms with Gasteiger partial charge >= 0.3 is 0 Å². The van der Waals surface area contributed by atoms with Crippen LogP contribution in [0.5, 0.6) is 0 Å². The van der Waals surface area contributed by atoms with Gasteiger partial charge in [0, 0.05) is 6.61 Å². The van der Waals surface area contributed by atoms with Crippen LogP contribution in [0.1, 0.15) is 43.7 Å². The first-order valence-electron chi connectivity index (χ1n) is 8.12. The molecule has 1 nitrogen and oxygen atoms in total. The van der Waals surface area contributed by atoms with Crippen molar-refractivity contribution in [3.8, 4) is 11.1 Å². The highest BCUT2D eigenvalue weighted by Crippen LogP contribution is 2.21. The minimum Gasteiger partial charge on any atom is -0.396 e. The second-order valence-electron chi connectivity index (χ2n) is 5.68. The molecule has 2 aromatic carbocycles. The molecule has 0 bridgehead atoms. The summed E-state index contributed by atoms with van der Waals surface area (Å²) in [6.45, 7) is 2.51. The van der Waals surface area contributed by atoms with Crippen molar-refractivity contribution in [2.75, 3.05) is 6.61 Å². The Balaban J connectivity index is 1.97. The van der Waals surface area contributed by atoms with Crippen molar-refractivity contribution in [2.24, 2.45) is 0 Å². The van der Waals surface area contributed by atoms with Crippen LogP contribution < -0.4 is 0 Å². The van der Waals surface area contributed by atoms with Gasteiger partial charge in [0.2, 0.25) is 0 Å². The Morgan fingerprint density at radius 1 is 0.667 bits per heavy atom. The standard InChI is InChI=1S/C20H26O/c1-2-3-4-6-17-8-12-19(13-9-17)20-14-10-18(11-15-20)7-5-16-21/h8-15,21H,2-7,16H2,1H3. The number of hydrogen-bond acceptors (Lipinski definition) is 1. The van der Waals surface area contributed by atoms with E-state index in [9.17, 15) is 0 Å². The molecule has 0 heterocycles. The summed E-state index contributed by atoms with van der Waals surface area (Å²) in [6, 6.07) is 17.7. The summed E-state index contributed by atoms with van der Waals surface area (Å²) in [5, 5.41) is 8.86. The van der Waals surface area contributed by atoms with Crippen molar-refractivity contribution < 1.29 is 5.11 Å². The summed E-state index contributed by atoms with van der Waals surface area (Å²) in [4.78, 5) is 0. The van der Waals surface area contributed by atoms with E-state index < -0.39 is 0 Å². The van der Waals surface area contributed by atoms with Crippen molar-refractivity contribution >= 4 is 0 Å². The Morgan fingerprint density at radius 3 is 1.57 bits per heavy atom. The van der Waals surface area contributed by atoms with Gasteiger partial charge in [0.25, 0.3) is 0 Å². The second kappa shape index (κ2) is 8.63. The Kier molecular flexibility index (Phi) is 6.49. The number of aliphatic hydroxyl groups excluding tert-OH is 1. The number of aryl methyl sites for hydroxylation is 2. The summed E-state index contributed by atoms with van der Waals surface area (Å²) in [7, 11) is 0.